The van der Waals surface area contributed by atoms with Crippen LogP contribution in [-0.4, -0.2) is 16.4 Å². The highest BCUT2D eigenvalue weighted by atomic mass is 32.2. The molecule has 2 rings (SSSR count). The van der Waals surface area contributed by atoms with Crippen molar-refractivity contribution < 1.29 is 35.3 Å². The molecule has 1 atom stereocenters. The van der Waals surface area contributed by atoms with Crippen molar-refractivity contribution in [2.75, 3.05) is 6.26 Å². The van der Waals surface area contributed by atoms with Crippen molar-refractivity contribution in [3.8, 4) is 0 Å². The highest BCUT2D eigenvalue weighted by molar-refractivity contribution is 7.93. The number of amides is 1. The second-order valence-corrected chi connectivity index (χ2v) is 8.07. The molecule has 0 N–H and O–H groups in total. The van der Waals surface area contributed by atoms with E-state index in [-0.39, 0.29) is 23.1 Å². The fourth-order valence-electron chi connectivity index (χ4n) is 2.13. The number of alkyl halides is 6. The first-order valence-corrected chi connectivity index (χ1v) is 9.25. The monoisotopic (exact) mass is 409 g/mol. The van der Waals surface area contributed by atoms with Gasteiger partial charge in [-0.15, -0.1) is 0 Å². The lowest BCUT2D eigenvalue weighted by atomic mass is 10.0. The van der Waals surface area contributed by atoms with Crippen LogP contribution >= 0.6 is 0 Å². The molecule has 0 fully saturated rings. The summed E-state index contributed by atoms with van der Waals surface area (Å²) in [6.07, 6.45) is -9.12. The minimum absolute atomic E-state index is 0.0972. The zero-order valence-electron chi connectivity index (χ0n) is 14.0. The molecule has 0 bridgehead atoms. The Morgan fingerprint density at radius 3 is 1.74 bits per heavy atom. The van der Waals surface area contributed by atoms with E-state index in [1.807, 2.05) is 0 Å². The molecular weight excluding hydrogens is 396 g/mol. The summed E-state index contributed by atoms with van der Waals surface area (Å²) in [5.74, 6) is -1.43. The lowest BCUT2D eigenvalue weighted by Crippen LogP contribution is -2.13. The standard InChI is InChI=1S/C17H13F6NO2S/c1-10-3-5-14(6-4-10)27(2,26)24-15(25)11-7-12(16(18,19)20)9-13(8-11)17(21,22)23/h3-9H,1-2H3. The Hall–Kier alpha value is -2.36. The van der Waals surface area contributed by atoms with E-state index in [4.69, 9.17) is 0 Å². The van der Waals surface area contributed by atoms with Gasteiger partial charge in [-0.05, 0) is 37.3 Å². The van der Waals surface area contributed by atoms with E-state index in [2.05, 4.69) is 4.36 Å². The van der Waals surface area contributed by atoms with Crippen LogP contribution < -0.4 is 0 Å². The number of hydrogen-bond acceptors (Lipinski definition) is 2. The molecule has 0 saturated carbocycles. The van der Waals surface area contributed by atoms with E-state index in [1.165, 1.54) is 12.1 Å². The van der Waals surface area contributed by atoms with Gasteiger partial charge in [0.1, 0.15) is 0 Å². The third-order valence-electron chi connectivity index (χ3n) is 3.55. The highest BCUT2D eigenvalue weighted by Gasteiger charge is 2.37. The fourth-order valence-corrected chi connectivity index (χ4v) is 3.30. The SMILES string of the molecule is Cc1ccc(S(C)(=O)=NC(=O)c2cc(C(F)(F)F)cc(C(F)(F)F)c2)cc1. The Labute approximate surface area is 151 Å². The first-order chi connectivity index (χ1) is 12.2. The summed E-state index contributed by atoms with van der Waals surface area (Å²) < 4.78 is 93.2. The smallest absolute Gasteiger partial charge is 0.266 e. The molecule has 1 amide bonds. The van der Waals surface area contributed by atoms with Crippen molar-refractivity contribution in [1.29, 1.82) is 0 Å². The Bertz CT molecular complexity index is 952. The fraction of sp³-hybridized carbons (Fsp3) is 0.235. The number of aryl methyl sites for hydroxylation is 1. The Kier molecular flexibility index (Phi) is 5.42. The number of halogens is 6. The maximum atomic E-state index is 12.9. The summed E-state index contributed by atoms with van der Waals surface area (Å²) >= 11 is 0. The highest BCUT2D eigenvalue weighted by Crippen LogP contribution is 2.36. The van der Waals surface area contributed by atoms with Gasteiger partial charge in [-0.3, -0.25) is 4.79 Å². The maximum absolute atomic E-state index is 12.9. The quantitative estimate of drug-likeness (QED) is 0.630. The molecule has 0 spiro atoms. The van der Waals surface area contributed by atoms with Crippen LogP contribution in [0.2, 0.25) is 0 Å². The van der Waals surface area contributed by atoms with E-state index in [1.54, 1.807) is 19.1 Å². The van der Waals surface area contributed by atoms with Crippen LogP contribution in [0.25, 0.3) is 0 Å². The van der Waals surface area contributed by atoms with Crippen LogP contribution in [0.5, 0.6) is 0 Å². The van der Waals surface area contributed by atoms with Gasteiger partial charge in [0, 0.05) is 16.7 Å². The summed E-state index contributed by atoms with van der Waals surface area (Å²) in [5.41, 5.74) is -3.41. The van der Waals surface area contributed by atoms with E-state index in [0.29, 0.717) is 0 Å². The van der Waals surface area contributed by atoms with Gasteiger partial charge < -0.3 is 0 Å². The molecule has 10 heteroatoms. The third kappa shape index (κ3) is 5.09. The number of hydrogen-bond donors (Lipinski definition) is 0. The summed E-state index contributed by atoms with van der Waals surface area (Å²) in [5, 5.41) is 0. The average molecular weight is 409 g/mol. The Morgan fingerprint density at radius 1 is 0.889 bits per heavy atom. The van der Waals surface area contributed by atoms with Crippen molar-refractivity contribution in [3.63, 3.8) is 0 Å². The molecule has 0 heterocycles. The van der Waals surface area contributed by atoms with Crippen LogP contribution in [-0.2, 0) is 22.1 Å². The molecule has 2 aromatic rings. The van der Waals surface area contributed by atoms with Gasteiger partial charge in [-0.1, -0.05) is 17.7 Å². The van der Waals surface area contributed by atoms with Crippen LogP contribution in [0.4, 0.5) is 26.3 Å². The van der Waals surface area contributed by atoms with Crippen molar-refractivity contribution in [2.45, 2.75) is 24.2 Å². The molecule has 0 radical (unpaired) electrons. The normalized spacial score (nSPS) is 14.5. The van der Waals surface area contributed by atoms with Gasteiger partial charge in [0.25, 0.3) is 5.91 Å². The van der Waals surface area contributed by atoms with Gasteiger partial charge in [0.2, 0.25) is 0 Å². The molecule has 0 aliphatic rings. The zero-order valence-corrected chi connectivity index (χ0v) is 14.8. The van der Waals surface area contributed by atoms with Gasteiger partial charge in [-0.2, -0.15) is 30.7 Å². The Morgan fingerprint density at radius 2 is 1.33 bits per heavy atom. The predicted molar refractivity (Wildman–Crippen MR) is 86.7 cm³/mol. The largest absolute Gasteiger partial charge is 0.416 e. The lowest BCUT2D eigenvalue weighted by Gasteiger charge is -2.13. The van der Waals surface area contributed by atoms with Crippen molar-refractivity contribution >= 4 is 15.6 Å². The van der Waals surface area contributed by atoms with E-state index in [9.17, 15) is 35.3 Å². The first kappa shape index (κ1) is 20.9. The molecule has 0 aromatic heterocycles. The van der Waals surface area contributed by atoms with Crippen LogP contribution in [0, 0.1) is 6.92 Å². The van der Waals surface area contributed by atoms with Crippen LogP contribution in [0.15, 0.2) is 51.7 Å². The molecule has 27 heavy (non-hydrogen) atoms. The summed E-state index contributed by atoms with van der Waals surface area (Å²) in [6, 6.07) is 6.43. The number of rotatable bonds is 2. The summed E-state index contributed by atoms with van der Waals surface area (Å²) in [6.45, 7) is 1.75. The van der Waals surface area contributed by atoms with Crippen molar-refractivity contribution in [1.82, 2.24) is 0 Å². The molecular formula is C17H13F6NO2S. The van der Waals surface area contributed by atoms with Gasteiger partial charge in [0.05, 0.1) is 20.9 Å². The maximum Gasteiger partial charge on any atom is 0.416 e. The number of carbonyl (C=O) groups is 1. The van der Waals surface area contributed by atoms with Gasteiger partial charge in [0.15, 0.2) is 0 Å². The number of benzene rings is 2. The number of carbonyl (C=O) groups excluding carboxylic acids is 1. The molecule has 146 valence electrons. The molecule has 2 aromatic carbocycles. The van der Waals surface area contributed by atoms with Crippen molar-refractivity contribution in [2.24, 2.45) is 4.36 Å². The van der Waals surface area contributed by atoms with E-state index < -0.39 is 44.7 Å². The minimum Gasteiger partial charge on any atom is -0.266 e. The Balaban J connectivity index is 2.58. The second-order valence-electron chi connectivity index (χ2n) is 5.81. The van der Waals surface area contributed by atoms with Crippen LogP contribution in [0.1, 0.15) is 27.0 Å². The van der Waals surface area contributed by atoms with E-state index >= 15 is 0 Å². The molecule has 0 aliphatic heterocycles. The molecule has 0 saturated heterocycles. The zero-order chi connectivity index (χ0) is 20.6. The summed E-state index contributed by atoms with van der Waals surface area (Å²) in [4.78, 5) is 12.3. The average Bonchev–Trinajstić information content (AvgIpc) is 2.52. The third-order valence-corrected chi connectivity index (χ3v) is 5.21. The van der Waals surface area contributed by atoms with E-state index in [0.717, 1.165) is 11.8 Å². The minimum atomic E-state index is -5.10. The van der Waals surface area contributed by atoms with Gasteiger partial charge in [-0.25, -0.2) is 4.21 Å². The van der Waals surface area contributed by atoms with Gasteiger partial charge >= 0.3 is 12.4 Å². The lowest BCUT2D eigenvalue weighted by molar-refractivity contribution is -0.143. The predicted octanol–water partition coefficient (Wildman–Crippen LogP) is 5.33. The molecule has 1 unspecified atom stereocenters. The van der Waals surface area contributed by atoms with Crippen molar-refractivity contribution in [3.05, 3.63) is 64.7 Å². The van der Waals surface area contributed by atoms with Crippen LogP contribution in [0.3, 0.4) is 0 Å². The first-order valence-electron chi connectivity index (χ1n) is 7.33. The number of nitrogens with zero attached hydrogens (tertiary/aromatic N) is 1. The topological polar surface area (TPSA) is 46.5 Å². The molecule has 0 aliphatic carbocycles. The summed E-state index contributed by atoms with van der Waals surface area (Å²) in [7, 11) is -3.36. The second kappa shape index (κ2) is 6.99. The molecule has 3 nitrogen and oxygen atoms in total.